The van der Waals surface area contributed by atoms with Gasteiger partial charge in [-0.25, -0.2) is 4.39 Å². The molecule has 1 saturated heterocycles. The summed E-state index contributed by atoms with van der Waals surface area (Å²) in [5.41, 5.74) is 2.97. The molecule has 3 rings (SSSR count). The smallest absolute Gasteiger partial charge is 0.191 e. The molecule has 0 aliphatic carbocycles. The minimum Gasteiger partial charge on any atom is -0.369 e. The van der Waals surface area contributed by atoms with Gasteiger partial charge >= 0.3 is 0 Å². The van der Waals surface area contributed by atoms with Gasteiger partial charge in [0.15, 0.2) is 5.96 Å². The van der Waals surface area contributed by atoms with E-state index in [1.54, 1.807) is 20.0 Å². The lowest BCUT2D eigenvalue weighted by Crippen LogP contribution is -2.44. The van der Waals surface area contributed by atoms with Gasteiger partial charge in [0.1, 0.15) is 5.82 Å². The highest BCUT2D eigenvalue weighted by molar-refractivity contribution is 14.0. The van der Waals surface area contributed by atoms with Gasteiger partial charge in [-0.3, -0.25) is 4.99 Å². The number of aryl methyl sites for hydroxylation is 1. The molecular formula is C20H26FIN4. The maximum absolute atomic E-state index is 13.3. The molecule has 0 spiro atoms. The summed E-state index contributed by atoms with van der Waals surface area (Å²) in [4.78, 5) is 6.69. The largest absolute Gasteiger partial charge is 0.369 e. The highest BCUT2D eigenvalue weighted by Crippen LogP contribution is 2.19. The van der Waals surface area contributed by atoms with Crippen molar-refractivity contribution in [2.75, 3.05) is 25.0 Å². The van der Waals surface area contributed by atoms with Crippen LogP contribution in [0.1, 0.15) is 17.5 Å². The minimum atomic E-state index is -0.168. The van der Waals surface area contributed by atoms with Crippen molar-refractivity contribution in [1.82, 2.24) is 10.6 Å². The number of aliphatic imine (C=N–C) groups is 1. The molecule has 1 unspecified atom stereocenters. The molecule has 0 aromatic heterocycles. The Bertz CT molecular complexity index is 736. The highest BCUT2D eigenvalue weighted by Gasteiger charge is 2.23. The van der Waals surface area contributed by atoms with Gasteiger partial charge in [-0.15, -0.1) is 24.0 Å². The van der Waals surface area contributed by atoms with E-state index in [4.69, 9.17) is 0 Å². The van der Waals surface area contributed by atoms with Crippen molar-refractivity contribution in [3.8, 4) is 0 Å². The first-order chi connectivity index (χ1) is 12.2. The van der Waals surface area contributed by atoms with Crippen LogP contribution in [0.5, 0.6) is 0 Å². The molecule has 0 bridgehead atoms. The molecule has 2 aromatic rings. The first kappa shape index (κ1) is 20.5. The molecule has 0 saturated carbocycles. The quantitative estimate of drug-likeness (QED) is 0.409. The first-order valence-electron chi connectivity index (χ1n) is 8.68. The van der Waals surface area contributed by atoms with Gasteiger partial charge in [0.05, 0.1) is 0 Å². The zero-order valence-electron chi connectivity index (χ0n) is 15.2. The lowest BCUT2D eigenvalue weighted by Gasteiger charge is -2.20. The molecule has 1 atom stereocenters. The van der Waals surface area contributed by atoms with Gasteiger partial charge in [-0.2, -0.15) is 0 Å². The monoisotopic (exact) mass is 468 g/mol. The van der Waals surface area contributed by atoms with Crippen molar-refractivity contribution in [3.05, 3.63) is 65.5 Å². The molecule has 1 aliphatic heterocycles. The fraction of sp³-hybridized carbons (Fsp3) is 0.350. The van der Waals surface area contributed by atoms with Crippen LogP contribution in [0.15, 0.2) is 53.5 Å². The first-order valence-corrected chi connectivity index (χ1v) is 8.68. The number of para-hydroxylation sites is 1. The van der Waals surface area contributed by atoms with Gasteiger partial charge < -0.3 is 15.5 Å². The van der Waals surface area contributed by atoms with Crippen LogP contribution in [0, 0.1) is 12.7 Å². The molecule has 1 fully saturated rings. The Morgan fingerprint density at radius 3 is 2.69 bits per heavy atom. The average molecular weight is 468 g/mol. The summed E-state index contributed by atoms with van der Waals surface area (Å²) in [6.07, 6.45) is 1.07. The number of hydrogen-bond acceptors (Lipinski definition) is 2. The van der Waals surface area contributed by atoms with Crippen LogP contribution in [0.4, 0.5) is 10.1 Å². The molecule has 2 aromatic carbocycles. The van der Waals surface area contributed by atoms with Gasteiger partial charge in [0, 0.05) is 38.4 Å². The van der Waals surface area contributed by atoms with Crippen LogP contribution >= 0.6 is 24.0 Å². The molecule has 2 N–H and O–H groups in total. The maximum Gasteiger partial charge on any atom is 0.191 e. The van der Waals surface area contributed by atoms with Gasteiger partial charge in [0.2, 0.25) is 0 Å². The lowest BCUT2D eigenvalue weighted by atomic mass is 10.1. The Kier molecular flexibility index (Phi) is 7.68. The highest BCUT2D eigenvalue weighted by atomic mass is 127. The van der Waals surface area contributed by atoms with Crippen molar-refractivity contribution in [2.24, 2.45) is 4.99 Å². The summed E-state index contributed by atoms with van der Waals surface area (Å²) in [5, 5.41) is 6.80. The number of rotatable bonds is 4. The number of nitrogens with zero attached hydrogens (tertiary/aromatic N) is 2. The summed E-state index contributed by atoms with van der Waals surface area (Å²) in [6, 6.07) is 16.0. The molecule has 26 heavy (non-hydrogen) atoms. The minimum absolute atomic E-state index is 0. The van der Waals surface area contributed by atoms with Crippen molar-refractivity contribution in [1.29, 1.82) is 0 Å². The number of benzene rings is 2. The van der Waals surface area contributed by atoms with Gasteiger partial charge in [0.25, 0.3) is 0 Å². The zero-order chi connectivity index (χ0) is 17.6. The number of halogens is 2. The second-order valence-electron chi connectivity index (χ2n) is 6.42. The van der Waals surface area contributed by atoms with E-state index in [9.17, 15) is 4.39 Å². The van der Waals surface area contributed by atoms with Gasteiger partial charge in [-0.05, 0) is 42.7 Å². The fourth-order valence-corrected chi connectivity index (χ4v) is 3.14. The van der Waals surface area contributed by atoms with Crippen LogP contribution in [-0.2, 0) is 6.54 Å². The third-order valence-corrected chi connectivity index (χ3v) is 4.56. The van der Waals surface area contributed by atoms with Crippen molar-refractivity contribution in [3.63, 3.8) is 0 Å². The SMILES string of the molecule is CN=C(NCc1ccc(F)c(C)c1)NC1CCN(c2ccccc2)C1.I. The van der Waals surface area contributed by atoms with Crippen LogP contribution < -0.4 is 15.5 Å². The predicted molar refractivity (Wildman–Crippen MR) is 117 cm³/mol. The third kappa shape index (κ3) is 5.33. The Morgan fingerprint density at radius 1 is 1.23 bits per heavy atom. The second-order valence-corrected chi connectivity index (χ2v) is 6.42. The number of hydrogen-bond donors (Lipinski definition) is 2. The predicted octanol–water partition coefficient (Wildman–Crippen LogP) is 3.70. The zero-order valence-corrected chi connectivity index (χ0v) is 17.5. The topological polar surface area (TPSA) is 39.7 Å². The maximum atomic E-state index is 13.3. The lowest BCUT2D eigenvalue weighted by molar-refractivity contribution is 0.616. The van der Waals surface area contributed by atoms with Crippen molar-refractivity contribution in [2.45, 2.75) is 25.9 Å². The normalized spacial score (nSPS) is 17.0. The third-order valence-electron chi connectivity index (χ3n) is 4.56. The fourth-order valence-electron chi connectivity index (χ4n) is 3.14. The summed E-state index contributed by atoms with van der Waals surface area (Å²) < 4.78 is 13.3. The summed E-state index contributed by atoms with van der Waals surface area (Å²) in [7, 11) is 1.77. The van der Waals surface area contributed by atoms with E-state index in [0.29, 0.717) is 18.2 Å². The standard InChI is InChI=1S/C20H25FN4.HI/c1-15-12-16(8-9-19(15)21)13-23-20(22-2)24-17-10-11-25(14-17)18-6-4-3-5-7-18;/h3-9,12,17H,10-11,13-14H2,1-2H3,(H2,22,23,24);1H. The molecule has 140 valence electrons. The Balaban J connectivity index is 0.00000243. The molecule has 0 radical (unpaired) electrons. The van der Waals surface area contributed by atoms with Crippen molar-refractivity contribution < 1.29 is 4.39 Å². The Labute approximate surface area is 171 Å². The van der Waals surface area contributed by atoms with E-state index in [2.05, 4.69) is 44.8 Å². The molecule has 4 nitrogen and oxygen atoms in total. The Morgan fingerprint density at radius 2 is 2.00 bits per heavy atom. The van der Waals surface area contributed by atoms with Crippen LogP contribution in [0.3, 0.4) is 0 Å². The van der Waals surface area contributed by atoms with Crippen LogP contribution in [0.25, 0.3) is 0 Å². The molecule has 1 heterocycles. The van der Waals surface area contributed by atoms with E-state index >= 15 is 0 Å². The summed E-state index contributed by atoms with van der Waals surface area (Å²) >= 11 is 0. The Hall–Kier alpha value is -1.83. The number of guanidine groups is 1. The summed E-state index contributed by atoms with van der Waals surface area (Å²) in [5.74, 6) is 0.611. The average Bonchev–Trinajstić information content (AvgIpc) is 3.11. The molecule has 6 heteroatoms. The second kappa shape index (κ2) is 9.75. The van der Waals surface area contributed by atoms with Crippen molar-refractivity contribution >= 4 is 35.6 Å². The van der Waals surface area contributed by atoms with Crippen LogP contribution in [0.2, 0.25) is 0 Å². The summed E-state index contributed by atoms with van der Waals surface area (Å²) in [6.45, 7) is 4.40. The van der Waals surface area contributed by atoms with E-state index in [-0.39, 0.29) is 29.8 Å². The number of nitrogens with one attached hydrogen (secondary N) is 2. The molecule has 0 amide bonds. The molecule has 1 aliphatic rings. The van der Waals surface area contributed by atoms with Crippen LogP contribution in [-0.4, -0.2) is 32.1 Å². The van der Waals surface area contributed by atoms with Gasteiger partial charge in [-0.1, -0.05) is 30.3 Å². The molecular weight excluding hydrogens is 442 g/mol. The van der Waals surface area contributed by atoms with E-state index in [1.165, 1.54) is 11.8 Å². The van der Waals surface area contributed by atoms with E-state index < -0.39 is 0 Å². The van der Waals surface area contributed by atoms with E-state index in [1.807, 2.05) is 12.1 Å². The number of anilines is 1. The van der Waals surface area contributed by atoms with E-state index in [0.717, 1.165) is 31.0 Å².